The molecular formula is C57H58F2N8O5. The summed E-state index contributed by atoms with van der Waals surface area (Å²) >= 11 is 0. The molecule has 0 unspecified atom stereocenters. The highest BCUT2D eigenvalue weighted by Gasteiger charge is 2.18. The Kier molecular flexibility index (Phi) is 17.9. The van der Waals surface area contributed by atoms with Gasteiger partial charge in [0.25, 0.3) is 0 Å². The maximum absolute atomic E-state index is 13.6. The number of hydrogen-bond donors (Lipinski definition) is 5. The maximum atomic E-state index is 13.6. The molecule has 0 fully saturated rings. The predicted molar refractivity (Wildman–Crippen MR) is 279 cm³/mol. The van der Waals surface area contributed by atoms with Crippen molar-refractivity contribution in [3.8, 4) is 56.5 Å². The number of ketones is 2. The topological polar surface area (TPSA) is 180 Å². The van der Waals surface area contributed by atoms with Crippen molar-refractivity contribution in [3.63, 3.8) is 0 Å². The lowest BCUT2D eigenvalue weighted by Gasteiger charge is -2.13. The number of imidazole rings is 2. The highest BCUT2D eigenvalue weighted by Crippen LogP contribution is 2.36. The summed E-state index contributed by atoms with van der Waals surface area (Å²) in [6, 6.07) is 31.3. The van der Waals surface area contributed by atoms with Crippen LogP contribution in [-0.2, 0) is 35.3 Å². The van der Waals surface area contributed by atoms with Gasteiger partial charge in [0.2, 0.25) is 0 Å². The van der Waals surface area contributed by atoms with Gasteiger partial charge >= 0.3 is 0 Å². The van der Waals surface area contributed by atoms with E-state index in [1.165, 1.54) is 30.3 Å². The van der Waals surface area contributed by atoms with E-state index >= 15 is 0 Å². The number of hydrogen-bond acceptors (Lipinski definition) is 11. The molecule has 4 aromatic heterocycles. The number of pyridine rings is 2. The van der Waals surface area contributed by atoms with E-state index in [0.717, 1.165) is 87.1 Å². The standard InChI is InChI=1S/C29H31FN4O2.C28H27FN4O3/c1-4-6-7-26-33-28(20-9-11-22(30)12-10-20)29(34-26)21-14-15-31-27(18-21)32-24-17-19(16-23(35)5-2)8-13-25(24)36-3;1-3-22(35)15-18-6-11-24(36-2)23(16-18)31-26-17-20(12-13-30-26)28-27(19-7-9-21(29)10-8-19)32-25(33-28)5-4-14-34/h8-15,17-18H,4-7,16H2,1-3H3,(H,31,32)(H,33,34);3,6-13,16-17,34H,1,4-5,14-15H2,2H3,(H,30,31)(H,32,33). The van der Waals surface area contributed by atoms with Crippen LogP contribution in [0, 0.1) is 11.6 Å². The number of aliphatic hydroxyl groups is 1. The second-order valence-electron chi connectivity index (χ2n) is 16.9. The van der Waals surface area contributed by atoms with Crippen molar-refractivity contribution in [3.05, 3.63) is 169 Å². The van der Waals surface area contributed by atoms with Crippen LogP contribution in [0.4, 0.5) is 31.8 Å². The van der Waals surface area contributed by atoms with Crippen molar-refractivity contribution in [1.29, 1.82) is 0 Å². The third-order valence-corrected chi connectivity index (χ3v) is 11.6. The number of aromatic nitrogens is 6. The summed E-state index contributed by atoms with van der Waals surface area (Å²) in [7, 11) is 3.18. The molecule has 0 bridgehead atoms. The summed E-state index contributed by atoms with van der Waals surface area (Å²) in [5.41, 5.74) is 9.53. The summed E-state index contributed by atoms with van der Waals surface area (Å²) in [5, 5.41) is 15.9. The van der Waals surface area contributed by atoms with E-state index in [0.29, 0.717) is 60.2 Å². The van der Waals surface area contributed by atoms with E-state index in [1.54, 1.807) is 56.9 Å². The van der Waals surface area contributed by atoms with Crippen LogP contribution in [0.2, 0.25) is 0 Å². The number of rotatable bonds is 22. The average Bonchev–Trinajstić information content (AvgIpc) is 4.04. The average molecular weight is 973 g/mol. The largest absolute Gasteiger partial charge is 0.495 e. The molecule has 0 saturated carbocycles. The van der Waals surface area contributed by atoms with Crippen LogP contribution in [0.1, 0.15) is 62.3 Å². The Balaban J connectivity index is 0.000000211. The Bertz CT molecular complexity index is 3110. The number of aliphatic hydroxyl groups excluding tert-OH is 1. The van der Waals surface area contributed by atoms with Crippen LogP contribution in [-0.4, -0.2) is 67.4 Å². The van der Waals surface area contributed by atoms with Crippen molar-refractivity contribution in [1.82, 2.24) is 29.9 Å². The number of carbonyl (C=O) groups is 2. The molecule has 0 radical (unpaired) electrons. The van der Waals surface area contributed by atoms with Gasteiger partial charge in [-0.2, -0.15) is 0 Å². The molecule has 4 aromatic carbocycles. The number of unbranched alkanes of at least 4 members (excludes halogenated alkanes) is 1. The van der Waals surface area contributed by atoms with Crippen LogP contribution in [0.5, 0.6) is 11.5 Å². The molecule has 370 valence electrons. The first-order chi connectivity index (χ1) is 35.0. The number of nitrogens with one attached hydrogen (secondary N) is 4. The maximum Gasteiger partial charge on any atom is 0.159 e. The molecule has 0 atom stereocenters. The van der Waals surface area contributed by atoms with Gasteiger partial charge in [-0.05, 0) is 127 Å². The smallest absolute Gasteiger partial charge is 0.159 e. The van der Waals surface area contributed by atoms with Crippen molar-refractivity contribution in [2.45, 2.75) is 65.2 Å². The monoisotopic (exact) mass is 972 g/mol. The number of allylic oxidation sites excluding steroid dienone is 1. The van der Waals surface area contributed by atoms with E-state index in [4.69, 9.17) is 19.4 Å². The molecule has 8 rings (SSSR count). The number of benzene rings is 4. The van der Waals surface area contributed by atoms with E-state index in [1.807, 2.05) is 61.5 Å². The summed E-state index contributed by atoms with van der Waals surface area (Å²) in [6.07, 6.45) is 9.89. The number of Topliss-reactive ketones (excluding diaryl/α,β-unsaturated/α-hetero) is 1. The lowest BCUT2D eigenvalue weighted by Crippen LogP contribution is -2.02. The summed E-state index contributed by atoms with van der Waals surface area (Å²) in [4.78, 5) is 49.1. The molecular weight excluding hydrogens is 915 g/mol. The van der Waals surface area contributed by atoms with Crippen LogP contribution in [0.3, 0.4) is 0 Å². The van der Waals surface area contributed by atoms with Gasteiger partial charge in [-0.25, -0.2) is 28.7 Å². The zero-order chi connectivity index (χ0) is 51.0. The highest BCUT2D eigenvalue weighted by atomic mass is 19.1. The number of nitrogens with zero attached hydrogens (tertiary/aromatic N) is 4. The molecule has 0 aliphatic rings. The van der Waals surface area contributed by atoms with Gasteiger partial charge in [-0.3, -0.25) is 9.59 Å². The quantitative estimate of drug-likeness (QED) is 0.0408. The van der Waals surface area contributed by atoms with Gasteiger partial charge in [0, 0.05) is 73.4 Å². The number of methoxy groups -OCH3 is 2. The minimum absolute atomic E-state index is 0.0601. The molecule has 15 heteroatoms. The van der Waals surface area contributed by atoms with Crippen LogP contribution >= 0.6 is 0 Å². The molecule has 0 saturated heterocycles. The summed E-state index contributed by atoms with van der Waals surface area (Å²) < 4.78 is 38.1. The Labute approximate surface area is 417 Å². The third-order valence-electron chi connectivity index (χ3n) is 11.6. The van der Waals surface area contributed by atoms with Crippen molar-refractivity contribution in [2.75, 3.05) is 31.5 Å². The number of H-pyrrole nitrogens is 2. The molecule has 13 nitrogen and oxygen atoms in total. The van der Waals surface area contributed by atoms with Gasteiger partial charge in [0.05, 0.1) is 48.4 Å². The molecule has 0 aliphatic heterocycles. The molecule has 4 heterocycles. The van der Waals surface area contributed by atoms with Gasteiger partial charge in [-0.1, -0.05) is 39.0 Å². The van der Waals surface area contributed by atoms with Gasteiger partial charge < -0.3 is 35.2 Å². The fourth-order valence-electron chi connectivity index (χ4n) is 7.86. The van der Waals surface area contributed by atoms with Crippen LogP contribution in [0.25, 0.3) is 45.0 Å². The number of anilines is 4. The fourth-order valence-corrected chi connectivity index (χ4v) is 7.86. The lowest BCUT2D eigenvalue weighted by molar-refractivity contribution is -0.118. The van der Waals surface area contributed by atoms with Crippen LogP contribution in [0.15, 0.2) is 134 Å². The van der Waals surface area contributed by atoms with E-state index in [2.05, 4.69) is 44.1 Å². The van der Waals surface area contributed by atoms with E-state index < -0.39 is 0 Å². The number of carbonyl (C=O) groups excluding carboxylic acids is 2. The molecule has 72 heavy (non-hydrogen) atoms. The SMILES string of the molecule is C=CC(=O)Cc1ccc(OC)c(Nc2cc(-c3nc(CCCO)[nH]c3-c3ccc(F)cc3)ccn2)c1.CCCCc1nc(-c2ccnc(Nc3cc(CC(=O)CC)ccc3OC)c2)c(-c2ccc(F)cc2)[nH]1. The van der Waals surface area contributed by atoms with Crippen molar-refractivity contribution >= 4 is 34.6 Å². The fraction of sp³-hybridized carbons (Fsp3) is 0.228. The van der Waals surface area contributed by atoms with E-state index in [9.17, 15) is 23.5 Å². The van der Waals surface area contributed by atoms with Crippen LogP contribution < -0.4 is 20.1 Å². The zero-order valence-electron chi connectivity index (χ0n) is 40.8. The normalized spacial score (nSPS) is 10.8. The first-order valence-electron chi connectivity index (χ1n) is 23.8. The number of ether oxygens (including phenoxy) is 2. The van der Waals surface area contributed by atoms with Crippen molar-refractivity contribution in [2.24, 2.45) is 0 Å². The molecule has 0 amide bonds. The predicted octanol–water partition coefficient (Wildman–Crippen LogP) is 12.1. The Morgan fingerprint density at radius 2 is 1.11 bits per heavy atom. The zero-order valence-corrected chi connectivity index (χ0v) is 40.8. The second kappa shape index (κ2) is 25.0. The third kappa shape index (κ3) is 13.5. The summed E-state index contributed by atoms with van der Waals surface area (Å²) in [5.74, 6) is 3.57. The lowest BCUT2D eigenvalue weighted by atomic mass is 10.1. The Morgan fingerprint density at radius 3 is 1.54 bits per heavy atom. The molecule has 8 aromatic rings. The summed E-state index contributed by atoms with van der Waals surface area (Å²) in [6.45, 7) is 7.60. The Hall–Kier alpha value is -8.30. The minimum atomic E-state index is -0.318. The molecule has 5 N–H and O–H groups in total. The number of aryl methyl sites for hydroxylation is 2. The first-order valence-corrected chi connectivity index (χ1v) is 23.8. The second-order valence-corrected chi connectivity index (χ2v) is 16.9. The van der Waals surface area contributed by atoms with Crippen molar-refractivity contribution < 1.29 is 33.0 Å². The van der Waals surface area contributed by atoms with Gasteiger partial charge in [0.1, 0.15) is 52.2 Å². The molecule has 0 spiro atoms. The Morgan fingerprint density at radius 1 is 0.639 bits per heavy atom. The number of halogens is 2. The highest BCUT2D eigenvalue weighted by molar-refractivity contribution is 5.91. The van der Waals surface area contributed by atoms with Gasteiger partial charge in [-0.15, -0.1) is 0 Å². The minimum Gasteiger partial charge on any atom is -0.495 e. The van der Waals surface area contributed by atoms with E-state index in [-0.39, 0.29) is 36.2 Å². The first kappa shape index (κ1) is 51.5. The van der Waals surface area contributed by atoms with Gasteiger partial charge in [0.15, 0.2) is 5.78 Å². The molecule has 0 aliphatic carbocycles. The number of aromatic amines is 2.